The van der Waals surface area contributed by atoms with Crippen LogP contribution in [0.3, 0.4) is 0 Å². The van der Waals surface area contributed by atoms with Gasteiger partial charge < -0.3 is 10.1 Å². The normalized spacial score (nSPS) is 15.8. The van der Waals surface area contributed by atoms with Crippen molar-refractivity contribution in [1.82, 2.24) is 9.88 Å². The number of rotatable bonds is 6. The van der Waals surface area contributed by atoms with Gasteiger partial charge in [-0.05, 0) is 73.3 Å². The predicted octanol–water partition coefficient (Wildman–Crippen LogP) is 4.86. The smallest absolute Gasteiger partial charge is 0.221 e. The van der Waals surface area contributed by atoms with E-state index in [1.807, 2.05) is 18.3 Å². The van der Waals surface area contributed by atoms with E-state index in [2.05, 4.69) is 66.4 Å². The maximum absolute atomic E-state index is 11.9. The third-order valence-electron chi connectivity index (χ3n) is 6.11. The number of hydrogen-bond acceptors (Lipinski definition) is 4. The summed E-state index contributed by atoms with van der Waals surface area (Å²) in [5.41, 5.74) is 8.25. The minimum absolute atomic E-state index is 0.0964. The molecule has 3 aromatic rings. The van der Waals surface area contributed by atoms with Gasteiger partial charge in [-0.3, -0.25) is 14.7 Å². The number of nitrogens with zero attached hydrogens (tertiary/aromatic N) is 2. The van der Waals surface area contributed by atoms with Crippen LogP contribution < -0.4 is 10.1 Å². The first-order chi connectivity index (χ1) is 15.4. The molecule has 0 bridgehead atoms. The van der Waals surface area contributed by atoms with E-state index in [0.29, 0.717) is 12.4 Å². The molecule has 0 fully saturated rings. The van der Waals surface area contributed by atoms with E-state index in [0.717, 1.165) is 30.6 Å². The number of ether oxygens (including phenoxy) is 1. The zero-order chi connectivity index (χ0) is 22.7. The molecule has 4 rings (SSSR count). The molecule has 5 heteroatoms. The number of fused-ring (bicyclic) bond motifs is 1. The summed E-state index contributed by atoms with van der Waals surface area (Å²) in [6.07, 6.45) is 5.32. The van der Waals surface area contributed by atoms with Gasteiger partial charge >= 0.3 is 0 Å². The maximum Gasteiger partial charge on any atom is 0.221 e. The maximum atomic E-state index is 11.9. The highest BCUT2D eigenvalue weighted by molar-refractivity contribution is 5.90. The van der Waals surface area contributed by atoms with Crippen molar-refractivity contribution in [3.05, 3.63) is 88.2 Å². The highest BCUT2D eigenvalue weighted by Crippen LogP contribution is 2.40. The monoisotopic (exact) mass is 429 g/mol. The van der Waals surface area contributed by atoms with Crippen molar-refractivity contribution in [3.63, 3.8) is 0 Å². The van der Waals surface area contributed by atoms with Gasteiger partial charge in [-0.1, -0.05) is 29.8 Å². The lowest BCUT2D eigenvalue weighted by Gasteiger charge is -2.36. The number of carbonyl (C=O) groups excluding carboxylic acids is 1. The molecule has 1 N–H and O–H groups in total. The minimum atomic E-state index is -0.0964. The van der Waals surface area contributed by atoms with E-state index in [1.165, 1.54) is 34.7 Å². The number of likely N-dealkylation sites (N-methyl/N-ethyl adjacent to an activating group) is 1. The fourth-order valence-corrected chi connectivity index (χ4v) is 4.54. The van der Waals surface area contributed by atoms with E-state index in [4.69, 9.17) is 4.74 Å². The topological polar surface area (TPSA) is 54.5 Å². The number of carbonyl (C=O) groups is 1. The number of anilines is 1. The fourth-order valence-electron chi connectivity index (χ4n) is 4.54. The molecule has 1 unspecified atom stereocenters. The van der Waals surface area contributed by atoms with Crippen LogP contribution in [0, 0.1) is 13.8 Å². The van der Waals surface area contributed by atoms with Gasteiger partial charge in [0, 0.05) is 32.3 Å². The van der Waals surface area contributed by atoms with Crippen LogP contribution >= 0.6 is 0 Å². The van der Waals surface area contributed by atoms with Crippen molar-refractivity contribution in [2.24, 2.45) is 0 Å². The molecule has 1 amide bonds. The van der Waals surface area contributed by atoms with Gasteiger partial charge in [0.05, 0.1) is 18.3 Å². The van der Waals surface area contributed by atoms with Crippen molar-refractivity contribution in [2.45, 2.75) is 39.7 Å². The van der Waals surface area contributed by atoms with Crippen LogP contribution in [0.1, 0.15) is 46.3 Å². The summed E-state index contributed by atoms with van der Waals surface area (Å²) in [5, 5.41) is 2.97. The molecule has 1 aliphatic heterocycles. The van der Waals surface area contributed by atoms with E-state index >= 15 is 0 Å². The lowest BCUT2D eigenvalue weighted by Crippen LogP contribution is -2.33. The molecule has 2 heterocycles. The van der Waals surface area contributed by atoms with Crippen LogP contribution in [-0.4, -0.2) is 36.0 Å². The third-order valence-corrected chi connectivity index (χ3v) is 6.11. The van der Waals surface area contributed by atoms with Crippen LogP contribution in [0.4, 0.5) is 5.69 Å². The quantitative estimate of drug-likeness (QED) is 0.608. The standard InChI is InChI=1S/C27H31N3O2/c1-18-7-8-23(19(2)14-18)27-24-16-26(32-13-10-21-6-5-11-28-17-21)25(29-20(3)31)15-22(24)9-12-30(27)4/h5-8,11,14-17,27H,9-10,12-13H2,1-4H3,(H,29,31). The van der Waals surface area contributed by atoms with Gasteiger partial charge in [0.25, 0.3) is 0 Å². The molecule has 0 aliphatic carbocycles. The average molecular weight is 430 g/mol. The van der Waals surface area contributed by atoms with Crippen LogP contribution in [0.2, 0.25) is 0 Å². The molecule has 32 heavy (non-hydrogen) atoms. The largest absolute Gasteiger partial charge is 0.491 e. The van der Waals surface area contributed by atoms with Crippen molar-refractivity contribution in [2.75, 3.05) is 25.5 Å². The number of aryl methyl sites for hydroxylation is 2. The molecule has 5 nitrogen and oxygen atoms in total. The van der Waals surface area contributed by atoms with Crippen molar-refractivity contribution in [3.8, 4) is 5.75 Å². The first kappa shape index (κ1) is 22.0. The van der Waals surface area contributed by atoms with E-state index in [1.54, 1.807) is 6.20 Å². The predicted molar refractivity (Wildman–Crippen MR) is 128 cm³/mol. The Kier molecular flexibility index (Phi) is 6.56. The van der Waals surface area contributed by atoms with Crippen LogP contribution in [0.25, 0.3) is 0 Å². The van der Waals surface area contributed by atoms with Gasteiger partial charge in [-0.25, -0.2) is 0 Å². The molecule has 0 radical (unpaired) electrons. The zero-order valence-electron chi connectivity index (χ0n) is 19.3. The van der Waals surface area contributed by atoms with Crippen LogP contribution in [0.5, 0.6) is 5.75 Å². The Labute approximate surface area is 190 Å². The number of hydrogen-bond donors (Lipinski definition) is 1. The first-order valence-electron chi connectivity index (χ1n) is 11.2. The molecular formula is C27H31N3O2. The minimum Gasteiger partial charge on any atom is -0.491 e. The van der Waals surface area contributed by atoms with Gasteiger partial charge in [0.1, 0.15) is 5.75 Å². The second-order valence-corrected chi connectivity index (χ2v) is 8.68. The summed E-state index contributed by atoms with van der Waals surface area (Å²) < 4.78 is 6.22. The van der Waals surface area contributed by atoms with E-state index in [-0.39, 0.29) is 11.9 Å². The summed E-state index contributed by atoms with van der Waals surface area (Å²) in [5.74, 6) is 0.619. The van der Waals surface area contributed by atoms with Gasteiger partial charge in [0.15, 0.2) is 0 Å². The SMILES string of the molecule is CC(=O)Nc1cc2c(cc1OCCc1cccnc1)C(c1ccc(C)cc1C)N(C)CC2. The highest BCUT2D eigenvalue weighted by atomic mass is 16.5. The molecule has 166 valence electrons. The fraction of sp³-hybridized carbons (Fsp3) is 0.333. The summed E-state index contributed by atoms with van der Waals surface area (Å²) in [4.78, 5) is 18.4. The second kappa shape index (κ2) is 9.53. The lowest BCUT2D eigenvalue weighted by molar-refractivity contribution is -0.114. The molecular weight excluding hydrogens is 398 g/mol. The average Bonchev–Trinajstić information content (AvgIpc) is 2.75. The number of aromatic nitrogens is 1. The molecule has 1 aliphatic rings. The zero-order valence-corrected chi connectivity index (χ0v) is 19.3. The van der Waals surface area contributed by atoms with Crippen LogP contribution in [-0.2, 0) is 17.6 Å². The van der Waals surface area contributed by atoms with Gasteiger partial charge in [-0.15, -0.1) is 0 Å². The summed E-state index contributed by atoms with van der Waals surface area (Å²) in [7, 11) is 2.18. The Bertz CT molecular complexity index is 1110. The molecule has 0 saturated heterocycles. The molecule has 0 saturated carbocycles. The van der Waals surface area contributed by atoms with Crippen LogP contribution in [0.15, 0.2) is 54.9 Å². The lowest BCUT2D eigenvalue weighted by atomic mass is 9.85. The highest BCUT2D eigenvalue weighted by Gasteiger charge is 2.29. The number of amides is 1. The van der Waals surface area contributed by atoms with E-state index in [9.17, 15) is 4.79 Å². The Hall–Kier alpha value is -3.18. The second-order valence-electron chi connectivity index (χ2n) is 8.68. The van der Waals surface area contributed by atoms with E-state index < -0.39 is 0 Å². The number of nitrogens with one attached hydrogen (secondary N) is 1. The summed E-state index contributed by atoms with van der Waals surface area (Å²) in [6.45, 7) is 7.32. The number of pyridine rings is 1. The summed E-state index contributed by atoms with van der Waals surface area (Å²) >= 11 is 0. The Morgan fingerprint density at radius 1 is 1.19 bits per heavy atom. The molecule has 1 atom stereocenters. The van der Waals surface area contributed by atoms with Crippen molar-refractivity contribution in [1.29, 1.82) is 0 Å². The molecule has 2 aromatic carbocycles. The third kappa shape index (κ3) is 4.83. The number of benzene rings is 2. The summed E-state index contributed by atoms with van der Waals surface area (Å²) in [6, 6.07) is 15.0. The first-order valence-corrected chi connectivity index (χ1v) is 11.2. The Morgan fingerprint density at radius 2 is 2.03 bits per heavy atom. The Balaban J connectivity index is 1.69. The van der Waals surface area contributed by atoms with Crippen molar-refractivity contribution >= 4 is 11.6 Å². The Morgan fingerprint density at radius 3 is 2.75 bits per heavy atom. The van der Waals surface area contributed by atoms with Crippen molar-refractivity contribution < 1.29 is 9.53 Å². The van der Waals surface area contributed by atoms with Gasteiger partial charge in [-0.2, -0.15) is 0 Å². The van der Waals surface area contributed by atoms with Gasteiger partial charge in [0.2, 0.25) is 5.91 Å². The molecule has 1 aromatic heterocycles. The molecule has 0 spiro atoms.